The van der Waals surface area contributed by atoms with Gasteiger partial charge in [0, 0.05) is 6.42 Å². The van der Waals surface area contributed by atoms with Crippen LogP contribution in [0.5, 0.6) is 0 Å². The lowest BCUT2D eigenvalue weighted by Gasteiger charge is -2.41. The molecule has 1 fully saturated rings. The first-order valence-corrected chi connectivity index (χ1v) is 34.2. The van der Waals surface area contributed by atoms with Crippen LogP contribution in [-0.2, 0) is 23.8 Å². The zero-order chi connectivity index (χ0) is 61.0. The van der Waals surface area contributed by atoms with E-state index >= 15 is 0 Å². The zero-order valence-corrected chi connectivity index (χ0v) is 53.5. The Morgan fingerprint density at radius 1 is 0.488 bits per heavy atom. The lowest BCUT2D eigenvalue weighted by molar-refractivity contribution is -0.305. The highest BCUT2D eigenvalue weighted by Crippen LogP contribution is 2.26. The first kappa shape index (κ1) is 78.3. The van der Waals surface area contributed by atoms with Gasteiger partial charge in [0.2, 0.25) is 5.91 Å². The molecule has 8 atom stereocenters. The number of carbonyl (C=O) groups excluding carboxylic acids is 2. The van der Waals surface area contributed by atoms with E-state index in [2.05, 4.69) is 62.5 Å². The van der Waals surface area contributed by atoms with Gasteiger partial charge in [0.15, 0.2) is 12.4 Å². The van der Waals surface area contributed by atoms with Crippen LogP contribution in [0.2, 0.25) is 0 Å². The number of hydrogen-bond donors (Lipinski definition) is 6. The highest BCUT2D eigenvalue weighted by molar-refractivity contribution is 5.80. The number of aliphatic hydroxyl groups is 5. The van der Waals surface area contributed by atoms with E-state index in [4.69, 9.17) is 14.2 Å². The summed E-state index contributed by atoms with van der Waals surface area (Å²) in [4.78, 5) is 26.6. The third-order valence-electron chi connectivity index (χ3n) is 15.6. The Morgan fingerprint density at radius 2 is 0.905 bits per heavy atom. The number of rotatable bonds is 57. The van der Waals surface area contributed by atoms with Crippen LogP contribution in [0.15, 0.2) is 109 Å². The molecule has 1 aliphatic rings. The summed E-state index contributed by atoms with van der Waals surface area (Å²) in [5.74, 6) is -1.24. The van der Waals surface area contributed by atoms with Crippen molar-refractivity contribution in [3.63, 3.8) is 0 Å². The molecule has 1 aliphatic heterocycles. The van der Waals surface area contributed by atoms with Crippen LogP contribution in [0.3, 0.4) is 0 Å². The van der Waals surface area contributed by atoms with Crippen molar-refractivity contribution in [3.8, 4) is 0 Å². The molecule has 1 amide bonds. The van der Waals surface area contributed by atoms with Crippen molar-refractivity contribution in [1.82, 2.24) is 5.32 Å². The smallest absolute Gasteiger partial charge is 0.306 e. The summed E-state index contributed by atoms with van der Waals surface area (Å²) in [7, 11) is 0. The number of unbranched alkanes of at least 4 members (excludes halogenated alkanes) is 32. The van der Waals surface area contributed by atoms with Crippen molar-refractivity contribution >= 4 is 11.9 Å². The predicted octanol–water partition coefficient (Wildman–Crippen LogP) is 17.2. The molecule has 482 valence electrons. The Hall–Kier alpha value is -3.68. The normalized spacial score (nSPS) is 19.2. The second-order valence-electron chi connectivity index (χ2n) is 23.3. The van der Waals surface area contributed by atoms with E-state index in [9.17, 15) is 35.1 Å². The van der Waals surface area contributed by atoms with E-state index in [1.54, 1.807) is 6.08 Å². The van der Waals surface area contributed by atoms with E-state index < -0.39 is 67.4 Å². The lowest BCUT2D eigenvalue weighted by Crippen LogP contribution is -2.61. The van der Waals surface area contributed by atoms with Gasteiger partial charge in [-0.15, -0.1) is 0 Å². The first-order valence-electron chi connectivity index (χ1n) is 34.2. The van der Waals surface area contributed by atoms with Crippen molar-refractivity contribution in [1.29, 1.82) is 0 Å². The van der Waals surface area contributed by atoms with Gasteiger partial charge < -0.3 is 45.1 Å². The number of amides is 1. The zero-order valence-electron chi connectivity index (χ0n) is 53.5. The number of aliphatic hydroxyl groups excluding tert-OH is 5. The Bertz CT molecular complexity index is 1780. The van der Waals surface area contributed by atoms with Gasteiger partial charge in [-0.3, -0.25) is 9.59 Å². The fraction of sp³-hybridized carbons (Fsp3) is 0.726. The Labute approximate surface area is 513 Å². The Morgan fingerprint density at radius 3 is 1.40 bits per heavy atom. The Kier molecular flexibility index (Phi) is 55.6. The highest BCUT2D eigenvalue weighted by Gasteiger charge is 2.47. The predicted molar refractivity (Wildman–Crippen MR) is 351 cm³/mol. The van der Waals surface area contributed by atoms with Gasteiger partial charge in [0.1, 0.15) is 24.4 Å². The van der Waals surface area contributed by atoms with E-state index in [1.807, 2.05) is 66.8 Å². The van der Waals surface area contributed by atoms with Crippen LogP contribution in [0.1, 0.15) is 278 Å². The SMILES string of the molecule is CC\C=C/C=C/C=C/C=C\C=C\C=C\CCCCCC(=O)OC1C(OCC(NC(=O)C(O)CCCCCCCCCCCCCCCCCC/C=C\C/C=C\CCCCC)C(O)/C=C/CCCCCCCCCCCC)OC(CO)C(O)C1O. The summed E-state index contributed by atoms with van der Waals surface area (Å²) in [5.41, 5.74) is 0. The molecule has 0 radical (unpaired) electrons. The number of carbonyl (C=O) groups is 2. The standard InChI is InChI=1S/C73H125NO10/c1-4-7-10-13-16-19-22-25-27-29-30-31-32-33-34-35-36-37-39-40-42-45-48-51-54-57-60-66(77)72(81)74-64(65(76)59-56-53-50-47-44-24-21-18-15-12-9-6-3)63-82-73-71(70(80)69(79)67(62-75)83-73)84-68(78)61-58-55-52-49-46-43-41-38-28-26-23-20-17-14-11-8-5-2/h8,11,14,16-17,19-20,23,25-28,38,41,43,46,56,59,64-67,69-71,73,75-77,79-80H,4-7,9-10,12-13,15,18,21-22,24,29-37,39-40,42,44-45,47-55,57-58,60-63H2,1-3H3,(H,74,81)/b11-8-,17-14+,19-16-,23-20+,27-25-,28-26-,41-38+,46-43+,59-56+. The number of ether oxygens (including phenoxy) is 3. The molecule has 1 rings (SSSR count). The van der Waals surface area contributed by atoms with Crippen LogP contribution in [-0.4, -0.2) is 99.6 Å². The largest absolute Gasteiger partial charge is 0.454 e. The summed E-state index contributed by atoms with van der Waals surface area (Å²) >= 11 is 0. The minimum absolute atomic E-state index is 0.0677. The van der Waals surface area contributed by atoms with Gasteiger partial charge in [-0.2, -0.15) is 0 Å². The molecular formula is C73H125NO10. The van der Waals surface area contributed by atoms with Gasteiger partial charge in [-0.1, -0.05) is 304 Å². The molecular weight excluding hydrogens is 1050 g/mol. The highest BCUT2D eigenvalue weighted by atomic mass is 16.7. The molecule has 0 bridgehead atoms. The van der Waals surface area contributed by atoms with Gasteiger partial charge in [-0.25, -0.2) is 0 Å². The maximum absolute atomic E-state index is 13.5. The molecule has 0 spiro atoms. The summed E-state index contributed by atoms with van der Waals surface area (Å²) in [6.45, 7) is 5.61. The van der Waals surface area contributed by atoms with Gasteiger partial charge in [-0.05, 0) is 77.0 Å². The minimum atomic E-state index is -1.64. The van der Waals surface area contributed by atoms with Gasteiger partial charge >= 0.3 is 5.97 Å². The van der Waals surface area contributed by atoms with E-state index in [0.29, 0.717) is 12.8 Å². The monoisotopic (exact) mass is 1180 g/mol. The van der Waals surface area contributed by atoms with Crippen LogP contribution in [0.25, 0.3) is 0 Å². The summed E-state index contributed by atoms with van der Waals surface area (Å²) in [5, 5.41) is 57.1. The average molecular weight is 1180 g/mol. The molecule has 11 heteroatoms. The van der Waals surface area contributed by atoms with E-state index in [-0.39, 0.29) is 19.4 Å². The van der Waals surface area contributed by atoms with Crippen molar-refractivity contribution < 1.29 is 49.3 Å². The summed E-state index contributed by atoms with van der Waals surface area (Å²) in [6.07, 6.45) is 71.3. The van der Waals surface area contributed by atoms with Gasteiger partial charge in [0.05, 0.1) is 25.4 Å². The average Bonchev–Trinajstić information content (AvgIpc) is 3.69. The maximum Gasteiger partial charge on any atom is 0.306 e. The second-order valence-corrected chi connectivity index (χ2v) is 23.3. The van der Waals surface area contributed by atoms with Crippen molar-refractivity contribution in [3.05, 3.63) is 109 Å². The van der Waals surface area contributed by atoms with Crippen LogP contribution >= 0.6 is 0 Å². The van der Waals surface area contributed by atoms with Crippen molar-refractivity contribution in [2.75, 3.05) is 13.2 Å². The molecule has 0 aromatic heterocycles. The molecule has 0 saturated carbocycles. The first-order chi connectivity index (χ1) is 41.2. The second kappa shape index (κ2) is 59.6. The van der Waals surface area contributed by atoms with Crippen molar-refractivity contribution in [2.24, 2.45) is 0 Å². The van der Waals surface area contributed by atoms with Crippen LogP contribution in [0, 0.1) is 0 Å². The fourth-order valence-electron chi connectivity index (χ4n) is 10.2. The quantitative estimate of drug-likeness (QED) is 0.0149. The molecule has 1 saturated heterocycles. The molecule has 6 N–H and O–H groups in total. The van der Waals surface area contributed by atoms with E-state index in [0.717, 1.165) is 70.6 Å². The maximum atomic E-state index is 13.5. The molecule has 0 aromatic carbocycles. The third kappa shape index (κ3) is 46.5. The van der Waals surface area contributed by atoms with Crippen molar-refractivity contribution in [2.45, 2.75) is 327 Å². The number of esters is 1. The topological polar surface area (TPSA) is 175 Å². The third-order valence-corrected chi connectivity index (χ3v) is 15.6. The number of allylic oxidation sites excluding steroid dienone is 17. The molecule has 8 unspecified atom stereocenters. The van der Waals surface area contributed by atoms with E-state index in [1.165, 1.54) is 161 Å². The molecule has 11 nitrogen and oxygen atoms in total. The Balaban J connectivity index is 2.60. The number of nitrogens with one attached hydrogen (secondary N) is 1. The molecule has 1 heterocycles. The molecule has 84 heavy (non-hydrogen) atoms. The summed E-state index contributed by atoms with van der Waals surface area (Å²) < 4.78 is 17.6. The van der Waals surface area contributed by atoms with Gasteiger partial charge in [0.25, 0.3) is 0 Å². The molecule has 0 aliphatic carbocycles. The molecule has 0 aromatic rings. The number of hydrogen-bond acceptors (Lipinski definition) is 10. The lowest BCUT2D eigenvalue weighted by atomic mass is 9.99. The van der Waals surface area contributed by atoms with Crippen LogP contribution in [0.4, 0.5) is 0 Å². The minimum Gasteiger partial charge on any atom is -0.454 e. The summed E-state index contributed by atoms with van der Waals surface area (Å²) in [6, 6.07) is -1.04. The van der Waals surface area contributed by atoms with Crippen LogP contribution < -0.4 is 5.32 Å². The fourth-order valence-corrected chi connectivity index (χ4v) is 10.2.